The van der Waals surface area contributed by atoms with Crippen molar-refractivity contribution < 1.29 is 14.1 Å². The quantitative estimate of drug-likeness (QED) is 0.850. The molecule has 22 heavy (non-hydrogen) atoms. The van der Waals surface area contributed by atoms with Crippen molar-refractivity contribution in [1.82, 2.24) is 15.0 Å². The van der Waals surface area contributed by atoms with Crippen molar-refractivity contribution >= 4 is 5.91 Å². The van der Waals surface area contributed by atoms with Crippen LogP contribution in [0.25, 0.3) is 0 Å². The Labute approximate surface area is 129 Å². The third kappa shape index (κ3) is 2.74. The third-order valence-corrected chi connectivity index (χ3v) is 3.89. The van der Waals surface area contributed by atoms with Gasteiger partial charge in [0.2, 0.25) is 0 Å². The summed E-state index contributed by atoms with van der Waals surface area (Å²) in [5.74, 6) is 0.514. The number of hydrogen-bond donors (Lipinski definition) is 0. The minimum absolute atomic E-state index is 0.0460. The van der Waals surface area contributed by atoms with E-state index in [0.717, 1.165) is 11.3 Å². The van der Waals surface area contributed by atoms with Crippen LogP contribution in [0.1, 0.15) is 39.2 Å². The molecule has 1 aliphatic rings. The van der Waals surface area contributed by atoms with Gasteiger partial charge < -0.3 is 14.2 Å². The molecule has 0 aromatic carbocycles. The SMILES string of the molecule is Cc1cc([C@@H]2CN(C(=O)c3c(C)noc3C)CCO2)ccn1. The lowest BCUT2D eigenvalue weighted by molar-refractivity contribution is -0.0229. The molecular weight excluding hydrogens is 282 g/mol. The number of amides is 1. The van der Waals surface area contributed by atoms with Crippen LogP contribution in [0.5, 0.6) is 0 Å². The van der Waals surface area contributed by atoms with Crippen molar-refractivity contribution in [3.8, 4) is 0 Å². The smallest absolute Gasteiger partial charge is 0.259 e. The topological polar surface area (TPSA) is 68.5 Å². The zero-order valence-electron chi connectivity index (χ0n) is 13.0. The van der Waals surface area contributed by atoms with Gasteiger partial charge >= 0.3 is 0 Å². The minimum Gasteiger partial charge on any atom is -0.370 e. The fraction of sp³-hybridized carbons (Fsp3) is 0.438. The van der Waals surface area contributed by atoms with Crippen LogP contribution < -0.4 is 0 Å². The first-order chi connectivity index (χ1) is 10.6. The highest BCUT2D eigenvalue weighted by molar-refractivity contribution is 5.96. The number of ether oxygens (including phenoxy) is 1. The number of carbonyl (C=O) groups excluding carboxylic acids is 1. The highest BCUT2D eigenvalue weighted by Gasteiger charge is 2.29. The van der Waals surface area contributed by atoms with Crippen LogP contribution in [0.4, 0.5) is 0 Å². The molecule has 0 N–H and O–H groups in total. The van der Waals surface area contributed by atoms with Crippen LogP contribution in [0.3, 0.4) is 0 Å². The number of pyridine rings is 1. The summed E-state index contributed by atoms with van der Waals surface area (Å²) in [6.45, 7) is 7.10. The van der Waals surface area contributed by atoms with Crippen molar-refractivity contribution in [2.75, 3.05) is 19.7 Å². The predicted molar refractivity (Wildman–Crippen MR) is 79.5 cm³/mol. The lowest BCUT2D eigenvalue weighted by Crippen LogP contribution is -2.42. The fourth-order valence-electron chi connectivity index (χ4n) is 2.75. The zero-order valence-corrected chi connectivity index (χ0v) is 13.0. The number of nitrogens with zero attached hydrogens (tertiary/aromatic N) is 3. The van der Waals surface area contributed by atoms with E-state index in [4.69, 9.17) is 9.26 Å². The summed E-state index contributed by atoms with van der Waals surface area (Å²) in [5, 5.41) is 3.86. The Morgan fingerprint density at radius 2 is 2.18 bits per heavy atom. The maximum atomic E-state index is 12.7. The van der Waals surface area contributed by atoms with E-state index in [1.54, 1.807) is 24.9 Å². The molecule has 0 spiro atoms. The first kappa shape index (κ1) is 14.7. The Morgan fingerprint density at radius 3 is 2.86 bits per heavy atom. The van der Waals surface area contributed by atoms with E-state index in [9.17, 15) is 4.79 Å². The molecule has 0 unspecified atom stereocenters. The molecule has 1 saturated heterocycles. The van der Waals surface area contributed by atoms with E-state index in [2.05, 4.69) is 10.1 Å². The first-order valence-electron chi connectivity index (χ1n) is 7.32. The molecule has 2 aromatic heterocycles. The molecule has 2 aromatic rings. The second-order valence-electron chi connectivity index (χ2n) is 5.54. The van der Waals surface area contributed by atoms with E-state index in [1.807, 2.05) is 19.1 Å². The lowest BCUT2D eigenvalue weighted by Gasteiger charge is -2.33. The van der Waals surface area contributed by atoms with Gasteiger partial charge in [0, 0.05) is 18.4 Å². The van der Waals surface area contributed by atoms with Gasteiger partial charge in [-0.3, -0.25) is 9.78 Å². The zero-order chi connectivity index (χ0) is 15.7. The fourth-order valence-corrected chi connectivity index (χ4v) is 2.75. The van der Waals surface area contributed by atoms with Crippen molar-refractivity contribution in [2.45, 2.75) is 26.9 Å². The number of aromatic nitrogens is 2. The average Bonchev–Trinajstić information content (AvgIpc) is 2.86. The van der Waals surface area contributed by atoms with E-state index in [-0.39, 0.29) is 12.0 Å². The molecule has 6 nitrogen and oxygen atoms in total. The van der Waals surface area contributed by atoms with Crippen molar-refractivity contribution in [3.63, 3.8) is 0 Å². The van der Waals surface area contributed by atoms with Gasteiger partial charge in [0.1, 0.15) is 17.4 Å². The highest BCUT2D eigenvalue weighted by Crippen LogP contribution is 2.24. The molecule has 1 atom stereocenters. The summed E-state index contributed by atoms with van der Waals surface area (Å²) in [7, 11) is 0. The number of carbonyl (C=O) groups is 1. The van der Waals surface area contributed by atoms with Crippen LogP contribution in [0.2, 0.25) is 0 Å². The second kappa shape index (κ2) is 5.88. The van der Waals surface area contributed by atoms with Gasteiger partial charge in [-0.05, 0) is 38.5 Å². The number of hydrogen-bond acceptors (Lipinski definition) is 5. The average molecular weight is 301 g/mol. The molecule has 1 fully saturated rings. The minimum atomic E-state index is -0.125. The molecular formula is C16H19N3O3. The van der Waals surface area contributed by atoms with Gasteiger partial charge in [-0.25, -0.2) is 0 Å². The van der Waals surface area contributed by atoms with Crippen molar-refractivity contribution in [1.29, 1.82) is 0 Å². The normalized spacial score (nSPS) is 18.5. The Kier molecular flexibility index (Phi) is 3.94. The Hall–Kier alpha value is -2.21. The van der Waals surface area contributed by atoms with Crippen LogP contribution in [-0.2, 0) is 4.74 Å². The molecule has 1 aliphatic heterocycles. The van der Waals surface area contributed by atoms with E-state index >= 15 is 0 Å². The van der Waals surface area contributed by atoms with Gasteiger partial charge in [0.15, 0.2) is 0 Å². The molecule has 6 heteroatoms. The summed E-state index contributed by atoms with van der Waals surface area (Å²) in [4.78, 5) is 18.7. The Morgan fingerprint density at radius 1 is 1.36 bits per heavy atom. The maximum Gasteiger partial charge on any atom is 0.259 e. The maximum absolute atomic E-state index is 12.7. The summed E-state index contributed by atoms with van der Waals surface area (Å²) in [6.07, 6.45) is 1.64. The Balaban J connectivity index is 1.80. The van der Waals surface area contributed by atoms with Gasteiger partial charge in [0.25, 0.3) is 5.91 Å². The lowest BCUT2D eigenvalue weighted by atomic mass is 10.1. The second-order valence-corrected chi connectivity index (χ2v) is 5.54. The number of rotatable bonds is 2. The third-order valence-electron chi connectivity index (χ3n) is 3.89. The standard InChI is InChI=1S/C16H19N3O3/c1-10-8-13(4-5-17-10)14-9-19(6-7-21-14)16(20)15-11(2)18-22-12(15)3/h4-5,8,14H,6-7,9H2,1-3H3/t14-/m0/s1. The molecule has 3 heterocycles. The van der Waals surface area contributed by atoms with E-state index in [0.29, 0.717) is 36.7 Å². The van der Waals surface area contributed by atoms with Crippen molar-refractivity contribution in [3.05, 3.63) is 46.6 Å². The largest absolute Gasteiger partial charge is 0.370 e. The predicted octanol–water partition coefficient (Wildman–Crippen LogP) is 2.21. The highest BCUT2D eigenvalue weighted by atomic mass is 16.5. The Bertz CT molecular complexity index is 676. The summed E-state index contributed by atoms with van der Waals surface area (Å²) in [5.41, 5.74) is 3.18. The molecule has 0 radical (unpaired) electrons. The molecule has 0 bridgehead atoms. The summed E-state index contributed by atoms with van der Waals surface area (Å²) >= 11 is 0. The number of morpholine rings is 1. The molecule has 0 aliphatic carbocycles. The van der Waals surface area contributed by atoms with E-state index < -0.39 is 0 Å². The molecule has 116 valence electrons. The molecule has 1 amide bonds. The van der Waals surface area contributed by atoms with Crippen LogP contribution in [0, 0.1) is 20.8 Å². The van der Waals surface area contributed by atoms with Gasteiger partial charge in [-0.2, -0.15) is 0 Å². The number of aryl methyl sites for hydroxylation is 3. The summed E-state index contributed by atoms with van der Waals surface area (Å²) in [6, 6.07) is 3.93. The molecule has 0 saturated carbocycles. The van der Waals surface area contributed by atoms with E-state index in [1.165, 1.54) is 0 Å². The van der Waals surface area contributed by atoms with Crippen LogP contribution in [-0.4, -0.2) is 40.6 Å². The monoisotopic (exact) mass is 301 g/mol. The van der Waals surface area contributed by atoms with Gasteiger partial charge in [0.05, 0.1) is 18.8 Å². The van der Waals surface area contributed by atoms with Gasteiger partial charge in [-0.15, -0.1) is 0 Å². The van der Waals surface area contributed by atoms with Gasteiger partial charge in [-0.1, -0.05) is 5.16 Å². The first-order valence-corrected chi connectivity index (χ1v) is 7.32. The van der Waals surface area contributed by atoms with Crippen LogP contribution >= 0.6 is 0 Å². The molecule has 3 rings (SSSR count). The van der Waals surface area contributed by atoms with Crippen molar-refractivity contribution in [2.24, 2.45) is 0 Å². The van der Waals surface area contributed by atoms with Crippen LogP contribution in [0.15, 0.2) is 22.9 Å². The summed E-state index contributed by atoms with van der Waals surface area (Å²) < 4.78 is 10.9.